The van der Waals surface area contributed by atoms with Crippen molar-refractivity contribution in [1.82, 2.24) is 4.31 Å². The van der Waals surface area contributed by atoms with E-state index in [9.17, 15) is 13.2 Å². The van der Waals surface area contributed by atoms with Crippen LogP contribution < -0.4 is 5.32 Å². The Labute approximate surface area is 189 Å². The second-order valence-electron chi connectivity index (χ2n) is 6.72. The van der Waals surface area contributed by atoms with E-state index < -0.39 is 10.0 Å². The molecular weight excluding hydrogens is 478 g/mol. The maximum atomic E-state index is 12.8. The van der Waals surface area contributed by atoms with Gasteiger partial charge in [-0.25, -0.2) is 12.7 Å². The third-order valence-corrected chi connectivity index (χ3v) is 8.15. The molecule has 2 aromatic rings. The number of hydrogen-bond donors (Lipinski definition) is 1. The van der Waals surface area contributed by atoms with Crippen molar-refractivity contribution < 1.29 is 13.2 Å². The summed E-state index contributed by atoms with van der Waals surface area (Å²) < 4.78 is 26.9. The largest absolute Gasteiger partial charge is 0.324 e. The number of carbonyl (C=O) groups excluding carboxylic acids is 1. The lowest BCUT2D eigenvalue weighted by Gasteiger charge is -2.30. The number of carbonyl (C=O) groups is 1. The Morgan fingerprint density at radius 2 is 1.52 bits per heavy atom. The maximum Gasteiger partial charge on any atom is 0.227 e. The minimum absolute atomic E-state index is 0.208. The van der Waals surface area contributed by atoms with Gasteiger partial charge >= 0.3 is 0 Å². The van der Waals surface area contributed by atoms with E-state index in [0.29, 0.717) is 39.2 Å². The lowest BCUT2D eigenvalue weighted by Crippen LogP contribution is -2.42. The highest BCUT2D eigenvalue weighted by Gasteiger charge is 2.32. The molecule has 1 N–H and O–H groups in total. The van der Waals surface area contributed by atoms with Crippen molar-refractivity contribution in [3.63, 3.8) is 0 Å². The summed E-state index contributed by atoms with van der Waals surface area (Å²) in [4.78, 5) is 12.6. The van der Waals surface area contributed by atoms with Gasteiger partial charge < -0.3 is 5.32 Å². The summed E-state index contributed by atoms with van der Waals surface area (Å²) in [6.07, 6.45) is 0.805. The predicted molar refractivity (Wildman–Crippen MR) is 118 cm³/mol. The summed E-state index contributed by atoms with van der Waals surface area (Å²) in [6, 6.07) is 9.87. The molecule has 1 aliphatic heterocycles. The lowest BCUT2D eigenvalue weighted by atomic mass is 9.97. The molecular formula is C19H18Cl4N2O3S. The van der Waals surface area contributed by atoms with Crippen LogP contribution in [0.4, 0.5) is 5.69 Å². The highest BCUT2D eigenvalue weighted by molar-refractivity contribution is 7.88. The first-order valence-corrected chi connectivity index (χ1v) is 12.0. The predicted octanol–water partition coefficient (Wildman–Crippen LogP) is 5.48. The number of nitrogens with one attached hydrogen (secondary N) is 1. The molecule has 3 rings (SSSR count). The highest BCUT2D eigenvalue weighted by atomic mass is 35.5. The summed E-state index contributed by atoms with van der Waals surface area (Å²) >= 11 is 24.3. The van der Waals surface area contributed by atoms with Crippen LogP contribution in [-0.4, -0.2) is 31.7 Å². The van der Waals surface area contributed by atoms with E-state index in [-0.39, 0.29) is 35.7 Å². The molecule has 1 saturated heterocycles. The number of rotatable bonds is 5. The molecule has 5 nitrogen and oxygen atoms in total. The fourth-order valence-corrected chi connectivity index (χ4v) is 5.84. The van der Waals surface area contributed by atoms with Crippen molar-refractivity contribution >= 4 is 68.0 Å². The number of halogens is 4. The summed E-state index contributed by atoms with van der Waals surface area (Å²) in [5.74, 6) is -0.804. The van der Waals surface area contributed by atoms with E-state index in [0.717, 1.165) is 0 Å². The first kappa shape index (κ1) is 22.7. The van der Waals surface area contributed by atoms with E-state index in [2.05, 4.69) is 5.32 Å². The van der Waals surface area contributed by atoms with Crippen molar-refractivity contribution in [3.05, 3.63) is 62.1 Å². The lowest BCUT2D eigenvalue weighted by molar-refractivity contribution is -0.120. The van der Waals surface area contributed by atoms with E-state index in [1.54, 1.807) is 36.4 Å². The minimum atomic E-state index is -3.61. The molecule has 0 aromatic heterocycles. The Morgan fingerprint density at radius 3 is 2.14 bits per heavy atom. The van der Waals surface area contributed by atoms with Crippen LogP contribution in [0.1, 0.15) is 18.4 Å². The molecule has 1 fully saturated rings. The molecule has 1 amide bonds. The molecule has 1 aliphatic rings. The molecule has 0 bridgehead atoms. The van der Waals surface area contributed by atoms with Gasteiger partial charge in [0.1, 0.15) is 0 Å². The molecule has 1 heterocycles. The monoisotopic (exact) mass is 494 g/mol. The zero-order valence-electron chi connectivity index (χ0n) is 15.2. The topological polar surface area (TPSA) is 66.5 Å². The first-order chi connectivity index (χ1) is 13.7. The second-order valence-corrected chi connectivity index (χ2v) is 10.3. The van der Waals surface area contributed by atoms with E-state index in [1.807, 2.05) is 0 Å². The van der Waals surface area contributed by atoms with Crippen LogP contribution in [0, 0.1) is 5.92 Å². The Kier molecular flexibility index (Phi) is 7.36. The van der Waals surface area contributed by atoms with Crippen molar-refractivity contribution in [2.24, 2.45) is 5.92 Å². The number of sulfonamides is 1. The van der Waals surface area contributed by atoms with Gasteiger partial charge in [0.25, 0.3) is 0 Å². The molecule has 29 heavy (non-hydrogen) atoms. The standard InChI is InChI=1S/C19H18Cl4N2O3S/c20-14-3-1-4-15(21)13(14)11-29(27,28)25-9-7-12(8-10-25)19(26)24-17-6-2-5-16(22)18(17)23/h1-6,12H,7-11H2,(H,24,26). The number of hydrogen-bond acceptors (Lipinski definition) is 3. The smallest absolute Gasteiger partial charge is 0.227 e. The Balaban J connectivity index is 1.62. The summed E-state index contributed by atoms with van der Waals surface area (Å²) in [6.45, 7) is 0.484. The van der Waals surface area contributed by atoms with Gasteiger partial charge in [-0.05, 0) is 37.1 Å². The third-order valence-electron chi connectivity index (χ3n) is 4.82. The number of benzene rings is 2. The molecule has 0 atom stereocenters. The fraction of sp³-hybridized carbons (Fsp3) is 0.316. The SMILES string of the molecule is O=C(Nc1cccc(Cl)c1Cl)C1CCN(S(=O)(=O)Cc2c(Cl)cccc2Cl)CC1. The van der Waals surface area contributed by atoms with Gasteiger partial charge in [-0.15, -0.1) is 0 Å². The second kappa shape index (κ2) is 9.41. The zero-order valence-corrected chi connectivity index (χ0v) is 19.0. The molecule has 0 spiro atoms. The number of piperidine rings is 1. The van der Waals surface area contributed by atoms with Gasteiger partial charge in [0, 0.05) is 34.6 Å². The molecule has 2 aromatic carbocycles. The molecule has 0 saturated carbocycles. The summed E-state index contributed by atoms with van der Waals surface area (Å²) in [7, 11) is -3.61. The number of anilines is 1. The van der Waals surface area contributed by atoms with Gasteiger partial charge in [-0.3, -0.25) is 4.79 Å². The van der Waals surface area contributed by atoms with Crippen molar-refractivity contribution in [1.29, 1.82) is 0 Å². The third kappa shape index (κ3) is 5.37. The quantitative estimate of drug-likeness (QED) is 0.597. The van der Waals surface area contributed by atoms with Crippen molar-refractivity contribution in [2.75, 3.05) is 18.4 Å². The van der Waals surface area contributed by atoms with Gasteiger partial charge in [-0.2, -0.15) is 0 Å². The average Bonchev–Trinajstić information content (AvgIpc) is 2.68. The van der Waals surface area contributed by atoms with Crippen LogP contribution >= 0.6 is 46.4 Å². The highest BCUT2D eigenvalue weighted by Crippen LogP contribution is 2.32. The maximum absolute atomic E-state index is 12.8. The number of nitrogens with zero attached hydrogens (tertiary/aromatic N) is 1. The molecule has 10 heteroatoms. The normalized spacial score (nSPS) is 16.0. The van der Waals surface area contributed by atoms with Gasteiger partial charge in [0.05, 0.1) is 21.5 Å². The van der Waals surface area contributed by atoms with Gasteiger partial charge in [0.2, 0.25) is 15.9 Å². The molecule has 0 radical (unpaired) electrons. The fourth-order valence-electron chi connectivity index (χ4n) is 3.18. The van der Waals surface area contributed by atoms with Crippen LogP contribution in [0.5, 0.6) is 0 Å². The Bertz CT molecular complexity index is 1000. The van der Waals surface area contributed by atoms with Crippen LogP contribution in [0.25, 0.3) is 0 Å². The Morgan fingerprint density at radius 1 is 0.966 bits per heavy atom. The van der Waals surface area contributed by atoms with Gasteiger partial charge in [0.15, 0.2) is 0 Å². The van der Waals surface area contributed by atoms with Crippen LogP contribution in [0.2, 0.25) is 20.1 Å². The van der Waals surface area contributed by atoms with Crippen LogP contribution in [0.15, 0.2) is 36.4 Å². The zero-order chi connectivity index (χ0) is 21.2. The average molecular weight is 496 g/mol. The number of amides is 1. The Hall–Kier alpha value is -1.02. The minimum Gasteiger partial charge on any atom is -0.324 e. The van der Waals surface area contributed by atoms with E-state index in [4.69, 9.17) is 46.4 Å². The van der Waals surface area contributed by atoms with Crippen LogP contribution in [0.3, 0.4) is 0 Å². The van der Waals surface area contributed by atoms with Crippen LogP contribution in [-0.2, 0) is 20.6 Å². The molecule has 0 aliphatic carbocycles. The van der Waals surface area contributed by atoms with E-state index >= 15 is 0 Å². The van der Waals surface area contributed by atoms with E-state index in [1.165, 1.54) is 4.31 Å². The van der Waals surface area contributed by atoms with Crippen molar-refractivity contribution in [2.45, 2.75) is 18.6 Å². The summed E-state index contributed by atoms with van der Waals surface area (Å²) in [5.41, 5.74) is 0.818. The van der Waals surface area contributed by atoms with Crippen molar-refractivity contribution in [3.8, 4) is 0 Å². The molecule has 156 valence electrons. The first-order valence-electron chi connectivity index (χ1n) is 8.84. The summed E-state index contributed by atoms with van der Waals surface area (Å²) in [5, 5.41) is 4.03. The van der Waals surface area contributed by atoms with Gasteiger partial charge in [-0.1, -0.05) is 58.5 Å². The molecule has 0 unspecified atom stereocenters.